The summed E-state index contributed by atoms with van der Waals surface area (Å²) in [5.41, 5.74) is -0.233. The van der Waals surface area contributed by atoms with E-state index in [1.165, 1.54) is 28.4 Å². The Kier molecular flexibility index (Phi) is 7.99. The number of nitrogens with zero attached hydrogens (tertiary/aromatic N) is 9. The summed E-state index contributed by atoms with van der Waals surface area (Å²) in [5, 5.41) is 22.1. The fourth-order valence-electron chi connectivity index (χ4n) is 3.71. The Balaban J connectivity index is 1.05. The normalized spacial score (nSPS) is 12.5. The van der Waals surface area contributed by atoms with Gasteiger partial charge in [0.05, 0.1) is 49.0 Å². The van der Waals surface area contributed by atoms with E-state index in [1.807, 2.05) is 22.2 Å². The summed E-state index contributed by atoms with van der Waals surface area (Å²) in [6.45, 7) is -0.127. The van der Waals surface area contributed by atoms with Crippen molar-refractivity contribution in [1.82, 2.24) is 55.0 Å². The summed E-state index contributed by atoms with van der Waals surface area (Å²) in [6, 6.07) is 1.66. The van der Waals surface area contributed by atoms with Crippen LogP contribution in [0.15, 0.2) is 48.5 Å². The van der Waals surface area contributed by atoms with Gasteiger partial charge in [0.2, 0.25) is 0 Å². The second-order valence-corrected chi connectivity index (χ2v) is 9.68. The Morgan fingerprint density at radius 3 is 2.37 bits per heavy atom. The number of thiazole rings is 1. The predicted molar refractivity (Wildman–Crippen MR) is 134 cm³/mol. The first-order chi connectivity index (χ1) is 19.6. The Morgan fingerprint density at radius 2 is 1.66 bits per heavy atom. The summed E-state index contributed by atoms with van der Waals surface area (Å²) in [6.07, 6.45) is 1.41. The first kappa shape index (κ1) is 27.8. The molecule has 0 aliphatic carbocycles. The zero-order chi connectivity index (χ0) is 29.0. The van der Waals surface area contributed by atoms with E-state index in [2.05, 4.69) is 41.2 Å². The van der Waals surface area contributed by atoms with Crippen molar-refractivity contribution in [2.75, 3.05) is 0 Å². The Labute approximate surface area is 232 Å². The van der Waals surface area contributed by atoms with Crippen molar-refractivity contribution in [2.45, 2.75) is 44.9 Å². The van der Waals surface area contributed by atoms with E-state index in [-0.39, 0.29) is 49.7 Å². The minimum absolute atomic E-state index is 0.0103. The smallest absolute Gasteiger partial charge is 0.345 e. The molecule has 5 aromatic rings. The lowest BCUT2D eigenvalue weighted by atomic mass is 10.2. The van der Waals surface area contributed by atoms with Crippen LogP contribution >= 0.6 is 11.3 Å². The van der Waals surface area contributed by atoms with Gasteiger partial charge >= 0.3 is 6.18 Å². The molecule has 5 heterocycles. The zero-order valence-electron chi connectivity index (χ0n) is 21.0. The molecule has 0 aromatic carbocycles. The number of aryl methyl sites for hydroxylation is 1. The molecule has 0 radical (unpaired) electrons. The lowest BCUT2D eigenvalue weighted by molar-refractivity contribution is -0.137. The first-order valence-corrected chi connectivity index (χ1v) is 13.0. The van der Waals surface area contributed by atoms with Crippen LogP contribution in [0.3, 0.4) is 0 Å². The van der Waals surface area contributed by atoms with Crippen molar-refractivity contribution in [2.24, 2.45) is 0 Å². The second kappa shape index (κ2) is 11.8. The SMILES string of the molecule is O=C(NCc1cn2ccsc2n1)c1cn(CCC(F)Cn2cc(C(=O)NCc3cc(C(F)(F)F)ccn3)nn2)nn1. The van der Waals surface area contributed by atoms with E-state index in [0.717, 1.165) is 28.0 Å². The molecule has 2 N–H and O–H groups in total. The Hall–Kier alpha value is -4.74. The van der Waals surface area contributed by atoms with Crippen molar-refractivity contribution in [3.8, 4) is 0 Å². The van der Waals surface area contributed by atoms with Crippen LogP contribution in [0.1, 0.15) is 44.3 Å². The van der Waals surface area contributed by atoms with Crippen LogP contribution in [0.2, 0.25) is 0 Å². The molecular formula is C23H21F4N11O2S. The molecule has 0 aliphatic heterocycles. The molecule has 5 rings (SSSR count). The fourth-order valence-corrected chi connectivity index (χ4v) is 4.42. The topological polar surface area (TPSA) is 150 Å². The molecule has 0 spiro atoms. The Morgan fingerprint density at radius 1 is 0.976 bits per heavy atom. The van der Waals surface area contributed by atoms with Crippen LogP contribution in [0.5, 0.6) is 0 Å². The van der Waals surface area contributed by atoms with Gasteiger partial charge in [0.15, 0.2) is 16.3 Å². The summed E-state index contributed by atoms with van der Waals surface area (Å²) < 4.78 is 57.4. The highest BCUT2D eigenvalue weighted by Gasteiger charge is 2.30. The minimum atomic E-state index is -4.53. The molecule has 2 amide bonds. The minimum Gasteiger partial charge on any atom is -0.345 e. The van der Waals surface area contributed by atoms with Crippen LogP contribution in [-0.2, 0) is 32.4 Å². The molecule has 0 bridgehead atoms. The van der Waals surface area contributed by atoms with Crippen molar-refractivity contribution in [1.29, 1.82) is 0 Å². The molecule has 0 saturated carbocycles. The number of nitrogens with one attached hydrogen (secondary N) is 2. The van der Waals surface area contributed by atoms with Gasteiger partial charge in [0.1, 0.15) is 6.17 Å². The fraction of sp³-hybridized carbons (Fsp3) is 0.304. The van der Waals surface area contributed by atoms with Gasteiger partial charge in [-0.05, 0) is 12.1 Å². The number of halogens is 4. The highest BCUT2D eigenvalue weighted by molar-refractivity contribution is 7.15. The summed E-state index contributed by atoms with van der Waals surface area (Å²) >= 11 is 1.48. The van der Waals surface area contributed by atoms with Crippen molar-refractivity contribution >= 4 is 28.1 Å². The van der Waals surface area contributed by atoms with Gasteiger partial charge in [-0.3, -0.25) is 23.7 Å². The lowest BCUT2D eigenvalue weighted by Crippen LogP contribution is -2.24. The number of hydrogen-bond donors (Lipinski definition) is 2. The molecule has 0 saturated heterocycles. The van der Waals surface area contributed by atoms with Crippen molar-refractivity contribution < 1.29 is 27.2 Å². The molecule has 41 heavy (non-hydrogen) atoms. The number of hydrogen-bond acceptors (Lipinski definition) is 9. The number of amides is 2. The van der Waals surface area contributed by atoms with Crippen LogP contribution in [0, 0.1) is 0 Å². The molecule has 0 aliphatic rings. The number of imidazole rings is 1. The van der Waals surface area contributed by atoms with Crippen LogP contribution in [0.25, 0.3) is 4.96 Å². The quantitative estimate of drug-likeness (QED) is 0.222. The van der Waals surface area contributed by atoms with E-state index in [4.69, 9.17) is 0 Å². The molecule has 5 aromatic heterocycles. The number of fused-ring (bicyclic) bond motifs is 1. The maximum Gasteiger partial charge on any atom is 0.416 e. The van der Waals surface area contributed by atoms with Gasteiger partial charge < -0.3 is 10.6 Å². The second-order valence-electron chi connectivity index (χ2n) is 8.80. The van der Waals surface area contributed by atoms with Gasteiger partial charge in [0.25, 0.3) is 11.8 Å². The first-order valence-electron chi connectivity index (χ1n) is 12.1. The number of carbonyl (C=O) groups is 2. The third-order valence-electron chi connectivity index (χ3n) is 5.75. The molecular weight excluding hydrogens is 570 g/mol. The summed E-state index contributed by atoms with van der Waals surface area (Å²) in [5.74, 6) is -1.14. The molecule has 13 nitrogen and oxygen atoms in total. The number of aromatic nitrogens is 9. The number of carbonyl (C=O) groups excluding carboxylic acids is 2. The van der Waals surface area contributed by atoms with Gasteiger partial charge in [-0.15, -0.1) is 21.5 Å². The van der Waals surface area contributed by atoms with Gasteiger partial charge in [-0.2, -0.15) is 13.2 Å². The van der Waals surface area contributed by atoms with Gasteiger partial charge in [0, 0.05) is 36.9 Å². The largest absolute Gasteiger partial charge is 0.416 e. The predicted octanol–water partition coefficient (Wildman–Crippen LogP) is 2.28. The maximum absolute atomic E-state index is 14.6. The average molecular weight is 592 g/mol. The van der Waals surface area contributed by atoms with E-state index >= 15 is 0 Å². The van der Waals surface area contributed by atoms with Crippen LogP contribution < -0.4 is 10.6 Å². The van der Waals surface area contributed by atoms with E-state index in [0.29, 0.717) is 5.69 Å². The highest BCUT2D eigenvalue weighted by Crippen LogP contribution is 2.29. The summed E-state index contributed by atoms with van der Waals surface area (Å²) in [4.78, 5) is 33.7. The van der Waals surface area contributed by atoms with Gasteiger partial charge in [-0.25, -0.2) is 14.1 Å². The van der Waals surface area contributed by atoms with Crippen LogP contribution in [0.4, 0.5) is 17.6 Å². The average Bonchev–Trinajstić information content (AvgIpc) is 3.74. The molecule has 0 fully saturated rings. The van der Waals surface area contributed by atoms with Crippen LogP contribution in [-0.4, -0.2) is 62.3 Å². The van der Waals surface area contributed by atoms with E-state index in [1.54, 1.807) is 0 Å². The zero-order valence-corrected chi connectivity index (χ0v) is 21.8. The Bertz CT molecular complexity index is 1630. The third kappa shape index (κ3) is 7.07. The molecule has 18 heteroatoms. The highest BCUT2D eigenvalue weighted by atomic mass is 32.1. The molecule has 214 valence electrons. The molecule has 1 unspecified atom stereocenters. The number of alkyl halides is 4. The van der Waals surface area contributed by atoms with Crippen molar-refractivity contribution in [3.05, 3.63) is 76.8 Å². The van der Waals surface area contributed by atoms with E-state index < -0.39 is 29.7 Å². The van der Waals surface area contributed by atoms with Gasteiger partial charge in [-0.1, -0.05) is 10.4 Å². The van der Waals surface area contributed by atoms with E-state index in [9.17, 15) is 27.2 Å². The monoisotopic (exact) mass is 591 g/mol. The maximum atomic E-state index is 14.6. The lowest BCUT2D eigenvalue weighted by Gasteiger charge is -2.08. The summed E-state index contributed by atoms with van der Waals surface area (Å²) in [7, 11) is 0. The standard InChI is InChI=1S/C23H21F4N11O2S/c24-15(2-4-37-12-18(32-34-37)20(39)30-9-17-11-36-5-6-41-22(36)31-17)10-38-13-19(33-35-38)21(40)29-8-16-7-14(1-3-28-16)23(25,26)27/h1,3,5-7,11-13,15H,2,4,8-10H2,(H,29,40)(H,30,39). The van der Waals surface area contributed by atoms with Crippen molar-refractivity contribution in [3.63, 3.8) is 0 Å². The molecule has 1 atom stereocenters. The number of pyridine rings is 1. The number of rotatable bonds is 11. The third-order valence-corrected chi connectivity index (χ3v) is 6.52.